The molecule has 3 nitrogen and oxygen atoms in total. The van der Waals surface area contributed by atoms with Crippen molar-refractivity contribution in [2.24, 2.45) is 0 Å². The first-order chi connectivity index (χ1) is 9.47. The molecule has 0 heterocycles. The number of nitrogen functional groups attached to an aromatic ring is 1. The summed E-state index contributed by atoms with van der Waals surface area (Å²) in [5, 5.41) is 0. The summed E-state index contributed by atoms with van der Waals surface area (Å²) >= 11 is 0. The standard InChI is InChI=1S/C16H16FNO2/c1-10-3-4-11(2)12(7-10)9-20-16(19)14-8-13(17)5-6-15(14)18/h3-8H,9,18H2,1-2H3. The normalized spacial score (nSPS) is 10.3. The van der Waals surface area contributed by atoms with E-state index in [4.69, 9.17) is 10.5 Å². The number of nitrogens with two attached hydrogens (primary N) is 1. The van der Waals surface area contributed by atoms with E-state index in [1.54, 1.807) is 0 Å². The number of halogens is 1. The lowest BCUT2D eigenvalue weighted by Gasteiger charge is -2.10. The van der Waals surface area contributed by atoms with Crippen LogP contribution < -0.4 is 5.73 Å². The topological polar surface area (TPSA) is 52.3 Å². The maximum Gasteiger partial charge on any atom is 0.340 e. The van der Waals surface area contributed by atoms with E-state index >= 15 is 0 Å². The quantitative estimate of drug-likeness (QED) is 0.689. The molecule has 0 fully saturated rings. The zero-order valence-corrected chi connectivity index (χ0v) is 11.4. The number of aryl methyl sites for hydroxylation is 2. The van der Waals surface area contributed by atoms with Crippen molar-refractivity contribution in [2.75, 3.05) is 5.73 Å². The molecule has 0 aromatic heterocycles. The molecule has 20 heavy (non-hydrogen) atoms. The van der Waals surface area contributed by atoms with Crippen molar-refractivity contribution < 1.29 is 13.9 Å². The van der Waals surface area contributed by atoms with Crippen molar-refractivity contribution in [1.29, 1.82) is 0 Å². The fourth-order valence-corrected chi connectivity index (χ4v) is 1.88. The van der Waals surface area contributed by atoms with Crippen molar-refractivity contribution in [3.63, 3.8) is 0 Å². The zero-order chi connectivity index (χ0) is 14.7. The Morgan fingerprint density at radius 1 is 1.20 bits per heavy atom. The van der Waals surface area contributed by atoms with Gasteiger partial charge in [-0.15, -0.1) is 0 Å². The first-order valence-electron chi connectivity index (χ1n) is 6.25. The molecule has 0 saturated heterocycles. The SMILES string of the molecule is Cc1ccc(C)c(COC(=O)c2cc(F)ccc2N)c1. The van der Waals surface area contributed by atoms with Crippen LogP contribution in [0.15, 0.2) is 36.4 Å². The third kappa shape index (κ3) is 3.15. The number of carbonyl (C=O) groups is 1. The summed E-state index contributed by atoms with van der Waals surface area (Å²) in [6.07, 6.45) is 0. The second-order valence-electron chi connectivity index (χ2n) is 4.74. The molecule has 2 rings (SSSR count). The van der Waals surface area contributed by atoms with Crippen molar-refractivity contribution in [3.8, 4) is 0 Å². The van der Waals surface area contributed by atoms with E-state index in [1.807, 2.05) is 32.0 Å². The van der Waals surface area contributed by atoms with Crippen molar-refractivity contribution >= 4 is 11.7 Å². The van der Waals surface area contributed by atoms with E-state index in [0.717, 1.165) is 22.8 Å². The van der Waals surface area contributed by atoms with Gasteiger partial charge < -0.3 is 10.5 Å². The van der Waals surface area contributed by atoms with Crippen LogP contribution in [0.2, 0.25) is 0 Å². The Bertz CT molecular complexity index is 653. The van der Waals surface area contributed by atoms with Crippen LogP contribution in [0.25, 0.3) is 0 Å². The van der Waals surface area contributed by atoms with Gasteiger partial charge in [0.1, 0.15) is 12.4 Å². The number of ether oxygens (including phenoxy) is 1. The minimum Gasteiger partial charge on any atom is -0.457 e. The number of rotatable bonds is 3. The Hall–Kier alpha value is -2.36. The maximum atomic E-state index is 13.1. The predicted molar refractivity (Wildman–Crippen MR) is 75.8 cm³/mol. The van der Waals surface area contributed by atoms with Gasteiger partial charge in [0.25, 0.3) is 0 Å². The number of hydrogen-bond donors (Lipinski definition) is 1. The van der Waals surface area contributed by atoms with Gasteiger partial charge in [-0.2, -0.15) is 0 Å². The third-order valence-corrected chi connectivity index (χ3v) is 3.10. The fraction of sp³-hybridized carbons (Fsp3) is 0.188. The average Bonchev–Trinajstić information content (AvgIpc) is 2.42. The van der Waals surface area contributed by atoms with Crippen LogP contribution in [0.1, 0.15) is 27.0 Å². The van der Waals surface area contributed by atoms with Crippen LogP contribution in [-0.2, 0) is 11.3 Å². The van der Waals surface area contributed by atoms with Gasteiger partial charge in [-0.25, -0.2) is 9.18 Å². The number of benzene rings is 2. The van der Waals surface area contributed by atoms with Gasteiger partial charge in [-0.3, -0.25) is 0 Å². The van der Waals surface area contributed by atoms with Gasteiger partial charge >= 0.3 is 5.97 Å². The second-order valence-corrected chi connectivity index (χ2v) is 4.74. The van der Waals surface area contributed by atoms with Crippen LogP contribution in [0, 0.1) is 19.7 Å². The van der Waals surface area contributed by atoms with Gasteiger partial charge in [0.15, 0.2) is 0 Å². The van der Waals surface area contributed by atoms with E-state index in [9.17, 15) is 9.18 Å². The molecule has 104 valence electrons. The largest absolute Gasteiger partial charge is 0.457 e. The molecule has 0 spiro atoms. The lowest BCUT2D eigenvalue weighted by atomic mass is 10.1. The summed E-state index contributed by atoms with van der Waals surface area (Å²) in [6, 6.07) is 9.55. The highest BCUT2D eigenvalue weighted by atomic mass is 19.1. The van der Waals surface area contributed by atoms with Gasteiger partial charge in [0.05, 0.1) is 5.56 Å². The van der Waals surface area contributed by atoms with E-state index in [0.29, 0.717) is 0 Å². The summed E-state index contributed by atoms with van der Waals surface area (Å²) < 4.78 is 18.3. The fourth-order valence-electron chi connectivity index (χ4n) is 1.88. The molecule has 0 bridgehead atoms. The predicted octanol–water partition coefficient (Wildman–Crippen LogP) is 3.38. The summed E-state index contributed by atoms with van der Waals surface area (Å²) in [7, 11) is 0. The lowest BCUT2D eigenvalue weighted by Crippen LogP contribution is -2.09. The minimum atomic E-state index is -0.622. The Labute approximate surface area is 117 Å². The number of anilines is 1. The van der Waals surface area contributed by atoms with E-state index in [2.05, 4.69) is 0 Å². The molecule has 0 atom stereocenters. The maximum absolute atomic E-state index is 13.1. The van der Waals surface area contributed by atoms with E-state index in [-0.39, 0.29) is 17.9 Å². The molecule has 0 unspecified atom stereocenters. The lowest BCUT2D eigenvalue weighted by molar-refractivity contribution is 0.0473. The van der Waals surface area contributed by atoms with E-state index in [1.165, 1.54) is 12.1 Å². The van der Waals surface area contributed by atoms with Gasteiger partial charge in [0, 0.05) is 5.69 Å². The van der Waals surface area contributed by atoms with Gasteiger partial charge in [-0.05, 0) is 43.2 Å². The van der Waals surface area contributed by atoms with Crippen LogP contribution in [0.3, 0.4) is 0 Å². The highest BCUT2D eigenvalue weighted by Crippen LogP contribution is 2.17. The first-order valence-corrected chi connectivity index (χ1v) is 6.25. The van der Waals surface area contributed by atoms with Crippen LogP contribution in [0.5, 0.6) is 0 Å². The minimum absolute atomic E-state index is 0.0512. The van der Waals surface area contributed by atoms with Crippen molar-refractivity contribution in [2.45, 2.75) is 20.5 Å². The molecular weight excluding hydrogens is 257 g/mol. The molecule has 0 aliphatic heterocycles. The van der Waals surface area contributed by atoms with Crippen molar-refractivity contribution in [3.05, 3.63) is 64.5 Å². The average molecular weight is 273 g/mol. The molecule has 0 radical (unpaired) electrons. The second kappa shape index (κ2) is 5.74. The highest BCUT2D eigenvalue weighted by Gasteiger charge is 2.13. The van der Waals surface area contributed by atoms with Crippen LogP contribution in [-0.4, -0.2) is 5.97 Å². The Morgan fingerprint density at radius 2 is 1.95 bits per heavy atom. The summed E-state index contributed by atoms with van der Waals surface area (Å²) in [4.78, 5) is 11.9. The summed E-state index contributed by atoms with van der Waals surface area (Å²) in [5.41, 5.74) is 8.95. The summed E-state index contributed by atoms with van der Waals surface area (Å²) in [6.45, 7) is 4.05. The third-order valence-electron chi connectivity index (χ3n) is 3.10. The smallest absolute Gasteiger partial charge is 0.340 e. The zero-order valence-electron chi connectivity index (χ0n) is 11.4. The number of hydrogen-bond acceptors (Lipinski definition) is 3. The Kier molecular flexibility index (Phi) is 4.03. The monoisotopic (exact) mass is 273 g/mol. The Balaban J connectivity index is 2.12. The molecule has 2 N–H and O–H groups in total. The molecular formula is C16H16FNO2. The highest BCUT2D eigenvalue weighted by molar-refractivity contribution is 5.95. The van der Waals surface area contributed by atoms with E-state index < -0.39 is 11.8 Å². The van der Waals surface area contributed by atoms with Gasteiger partial charge in [0.2, 0.25) is 0 Å². The summed E-state index contributed by atoms with van der Waals surface area (Å²) in [5.74, 6) is -1.14. The molecule has 0 aliphatic rings. The number of carbonyl (C=O) groups excluding carboxylic acids is 1. The molecule has 0 aliphatic carbocycles. The van der Waals surface area contributed by atoms with Gasteiger partial charge in [-0.1, -0.05) is 23.8 Å². The Morgan fingerprint density at radius 3 is 2.70 bits per heavy atom. The number of esters is 1. The van der Waals surface area contributed by atoms with Crippen LogP contribution in [0.4, 0.5) is 10.1 Å². The molecule has 4 heteroatoms. The molecule has 0 saturated carbocycles. The molecule has 0 amide bonds. The first kappa shape index (κ1) is 14.1. The van der Waals surface area contributed by atoms with Crippen LogP contribution >= 0.6 is 0 Å². The molecule has 2 aromatic rings. The molecule has 2 aromatic carbocycles. The van der Waals surface area contributed by atoms with Crippen molar-refractivity contribution in [1.82, 2.24) is 0 Å².